The largest absolute Gasteiger partial charge is 0.309 e. The summed E-state index contributed by atoms with van der Waals surface area (Å²) in [5.41, 5.74) is 0.857. The van der Waals surface area contributed by atoms with Crippen LogP contribution in [0.1, 0.15) is 25.5 Å². The minimum Gasteiger partial charge on any atom is -0.309 e. The Morgan fingerprint density at radius 1 is 1.53 bits per heavy atom. The number of halogens is 2. The summed E-state index contributed by atoms with van der Waals surface area (Å²) in [5, 5.41) is 3.64. The molecule has 0 saturated carbocycles. The highest BCUT2D eigenvalue weighted by Crippen LogP contribution is 2.23. The molecule has 17 heavy (non-hydrogen) atoms. The van der Waals surface area contributed by atoms with Gasteiger partial charge in [0.15, 0.2) is 0 Å². The fourth-order valence-corrected chi connectivity index (χ4v) is 2.46. The third-order valence-corrected chi connectivity index (χ3v) is 4.16. The molecule has 0 aliphatic heterocycles. The number of nitrogens with one attached hydrogen (secondary N) is 1. The summed E-state index contributed by atoms with van der Waals surface area (Å²) >= 11 is 5.95. The number of benzene rings is 1. The summed E-state index contributed by atoms with van der Waals surface area (Å²) in [5.74, 6) is 0.963. The summed E-state index contributed by atoms with van der Waals surface area (Å²) in [6.07, 6.45) is 0. The molecule has 0 saturated heterocycles. The highest BCUT2D eigenvalue weighted by atomic mass is 35.5. The van der Waals surface area contributed by atoms with Crippen molar-refractivity contribution >= 4 is 22.4 Å². The van der Waals surface area contributed by atoms with Crippen LogP contribution in [0.25, 0.3) is 0 Å². The second-order valence-corrected chi connectivity index (χ2v) is 6.05. The maximum atomic E-state index is 12.9. The van der Waals surface area contributed by atoms with Gasteiger partial charge in [0.05, 0.1) is 0 Å². The van der Waals surface area contributed by atoms with Gasteiger partial charge in [0, 0.05) is 39.9 Å². The molecule has 0 radical (unpaired) electrons. The van der Waals surface area contributed by atoms with Crippen LogP contribution in [0.3, 0.4) is 0 Å². The molecule has 0 bridgehead atoms. The number of hydrogen-bond donors (Lipinski definition) is 1. The van der Waals surface area contributed by atoms with Gasteiger partial charge in [-0.2, -0.15) is 0 Å². The van der Waals surface area contributed by atoms with Gasteiger partial charge in [-0.15, -0.1) is 0 Å². The van der Waals surface area contributed by atoms with Gasteiger partial charge in [-0.05, 0) is 24.6 Å². The van der Waals surface area contributed by atoms with Gasteiger partial charge in [-0.3, -0.25) is 4.21 Å². The fourth-order valence-electron chi connectivity index (χ4n) is 1.50. The first-order valence-corrected chi connectivity index (χ1v) is 7.44. The lowest BCUT2D eigenvalue weighted by atomic mass is 10.1. The van der Waals surface area contributed by atoms with Crippen molar-refractivity contribution < 1.29 is 8.60 Å². The lowest BCUT2D eigenvalue weighted by Crippen LogP contribution is -2.24. The van der Waals surface area contributed by atoms with Gasteiger partial charge < -0.3 is 5.32 Å². The SMILES string of the molecule is CCS(=O)CCNC(C)c1ccc(F)cc1Cl. The van der Waals surface area contributed by atoms with Gasteiger partial charge >= 0.3 is 0 Å². The molecule has 0 aromatic heterocycles. The Morgan fingerprint density at radius 2 is 2.24 bits per heavy atom. The summed E-state index contributed by atoms with van der Waals surface area (Å²) in [7, 11) is -0.764. The van der Waals surface area contributed by atoms with Crippen molar-refractivity contribution in [3.05, 3.63) is 34.6 Å². The van der Waals surface area contributed by atoms with Crippen LogP contribution < -0.4 is 5.32 Å². The summed E-state index contributed by atoms with van der Waals surface area (Å²) in [6.45, 7) is 4.51. The number of rotatable bonds is 6. The average Bonchev–Trinajstić information content (AvgIpc) is 2.28. The van der Waals surface area contributed by atoms with E-state index in [4.69, 9.17) is 11.6 Å². The minimum atomic E-state index is -0.764. The molecule has 2 nitrogen and oxygen atoms in total. The van der Waals surface area contributed by atoms with E-state index in [1.54, 1.807) is 6.07 Å². The van der Waals surface area contributed by atoms with E-state index in [0.717, 1.165) is 5.56 Å². The minimum absolute atomic E-state index is 0.0250. The van der Waals surface area contributed by atoms with Gasteiger partial charge in [0.2, 0.25) is 0 Å². The standard InChI is InChI=1S/C12H17ClFNOS/c1-3-17(16)7-6-15-9(2)11-5-4-10(14)8-12(11)13/h4-5,8-9,15H,3,6-7H2,1-2H3. The van der Waals surface area contributed by atoms with E-state index in [1.165, 1.54) is 12.1 Å². The second kappa shape index (κ2) is 7.09. The Bertz CT molecular complexity index is 400. The van der Waals surface area contributed by atoms with Crippen LogP contribution in [0.2, 0.25) is 5.02 Å². The Kier molecular flexibility index (Phi) is 6.09. The monoisotopic (exact) mass is 277 g/mol. The quantitative estimate of drug-likeness (QED) is 0.866. The molecule has 1 aromatic rings. The van der Waals surface area contributed by atoms with Gasteiger partial charge in [0.25, 0.3) is 0 Å². The molecule has 0 amide bonds. The van der Waals surface area contributed by atoms with E-state index in [0.29, 0.717) is 23.1 Å². The van der Waals surface area contributed by atoms with Crippen LogP contribution in [0.15, 0.2) is 18.2 Å². The zero-order chi connectivity index (χ0) is 12.8. The van der Waals surface area contributed by atoms with Gasteiger partial charge in [0.1, 0.15) is 5.82 Å². The van der Waals surface area contributed by atoms with Crippen molar-refractivity contribution in [3.63, 3.8) is 0 Å². The summed E-state index contributed by atoms with van der Waals surface area (Å²) < 4.78 is 24.1. The lowest BCUT2D eigenvalue weighted by molar-refractivity contribution is 0.591. The molecule has 0 fully saturated rings. The smallest absolute Gasteiger partial charge is 0.124 e. The van der Waals surface area contributed by atoms with Crippen LogP contribution >= 0.6 is 11.6 Å². The predicted octanol–water partition coefficient (Wildman–Crippen LogP) is 2.90. The molecule has 0 heterocycles. The van der Waals surface area contributed by atoms with Crippen LogP contribution in [0, 0.1) is 5.82 Å². The van der Waals surface area contributed by atoms with E-state index in [1.807, 2.05) is 13.8 Å². The maximum Gasteiger partial charge on any atom is 0.124 e. The number of hydrogen-bond acceptors (Lipinski definition) is 2. The van der Waals surface area contributed by atoms with Gasteiger partial charge in [-0.25, -0.2) is 4.39 Å². The molecular formula is C12H17ClFNOS. The van der Waals surface area contributed by atoms with E-state index in [-0.39, 0.29) is 11.9 Å². The molecule has 5 heteroatoms. The summed E-state index contributed by atoms with van der Waals surface area (Å²) in [6, 6.07) is 4.39. The molecule has 1 rings (SSSR count). The highest BCUT2D eigenvalue weighted by molar-refractivity contribution is 7.84. The first kappa shape index (κ1) is 14.6. The normalized spacial score (nSPS) is 14.6. The van der Waals surface area contributed by atoms with Crippen molar-refractivity contribution in [1.29, 1.82) is 0 Å². The first-order chi connectivity index (χ1) is 8.04. The maximum absolute atomic E-state index is 12.9. The van der Waals surface area contributed by atoms with Gasteiger partial charge in [-0.1, -0.05) is 24.6 Å². The zero-order valence-corrected chi connectivity index (χ0v) is 11.6. The predicted molar refractivity (Wildman–Crippen MR) is 71.4 cm³/mol. The van der Waals surface area contributed by atoms with E-state index in [9.17, 15) is 8.60 Å². The highest BCUT2D eigenvalue weighted by Gasteiger charge is 2.09. The third-order valence-electron chi connectivity index (χ3n) is 2.53. The molecule has 2 unspecified atom stereocenters. The Hall–Kier alpha value is -0.450. The molecule has 0 spiro atoms. The zero-order valence-electron chi connectivity index (χ0n) is 10.0. The van der Waals surface area contributed by atoms with Crippen LogP contribution in [-0.4, -0.2) is 22.3 Å². The van der Waals surface area contributed by atoms with Crippen LogP contribution in [-0.2, 0) is 10.8 Å². The van der Waals surface area contributed by atoms with Crippen LogP contribution in [0.4, 0.5) is 4.39 Å². The lowest BCUT2D eigenvalue weighted by Gasteiger charge is -2.15. The topological polar surface area (TPSA) is 29.1 Å². The van der Waals surface area contributed by atoms with E-state index < -0.39 is 10.8 Å². The Morgan fingerprint density at radius 3 is 2.82 bits per heavy atom. The van der Waals surface area contributed by atoms with Crippen molar-refractivity contribution in [2.45, 2.75) is 19.9 Å². The van der Waals surface area contributed by atoms with Crippen molar-refractivity contribution in [1.82, 2.24) is 5.32 Å². The van der Waals surface area contributed by atoms with Crippen molar-refractivity contribution in [3.8, 4) is 0 Å². The third kappa shape index (κ3) is 4.74. The first-order valence-electron chi connectivity index (χ1n) is 5.58. The molecule has 0 aliphatic rings. The molecule has 1 N–H and O–H groups in total. The van der Waals surface area contributed by atoms with E-state index in [2.05, 4.69) is 5.32 Å². The second-order valence-electron chi connectivity index (χ2n) is 3.77. The molecule has 96 valence electrons. The fraction of sp³-hybridized carbons (Fsp3) is 0.500. The summed E-state index contributed by atoms with van der Waals surface area (Å²) in [4.78, 5) is 0. The van der Waals surface area contributed by atoms with E-state index >= 15 is 0 Å². The van der Waals surface area contributed by atoms with Crippen molar-refractivity contribution in [2.75, 3.05) is 18.1 Å². The molecule has 2 atom stereocenters. The average molecular weight is 278 g/mol. The molecule has 0 aliphatic carbocycles. The Labute approximate surface area is 109 Å². The van der Waals surface area contributed by atoms with Crippen molar-refractivity contribution in [2.24, 2.45) is 0 Å². The molecule has 1 aromatic carbocycles. The molecular weight excluding hydrogens is 261 g/mol. The Balaban J connectivity index is 2.52. The van der Waals surface area contributed by atoms with Crippen LogP contribution in [0.5, 0.6) is 0 Å².